The molecule has 109 valence electrons. The van der Waals surface area contributed by atoms with Crippen molar-refractivity contribution in [3.8, 4) is 11.1 Å². The van der Waals surface area contributed by atoms with Crippen LogP contribution in [0.2, 0.25) is 13.1 Å². The van der Waals surface area contributed by atoms with Crippen LogP contribution in [0.4, 0.5) is 0 Å². The Morgan fingerprint density at radius 3 is 2.36 bits per heavy atom. The molecule has 2 aromatic carbocycles. The van der Waals surface area contributed by atoms with Gasteiger partial charge in [-0.1, -0.05) is 48.5 Å². The summed E-state index contributed by atoms with van der Waals surface area (Å²) in [6, 6.07) is 18.1. The molecule has 1 radical (unpaired) electrons. The van der Waals surface area contributed by atoms with Gasteiger partial charge in [-0.2, -0.15) is 35.9 Å². The standard InChI is InChI=1S/C13H9.C5H5.C2H7Si.Ti/c1-3-7-12-10(5-1)9-11-6-2-4-8-13(11)12;1-2-4-5-3-1;1-3-2;/h1-5,7-8H,9H2;1-3H,4H2;3H,1-2H3;/q2*-1;;+2. The zero-order valence-electron chi connectivity index (χ0n) is 13.3. The van der Waals surface area contributed by atoms with E-state index in [1.165, 1.54) is 22.3 Å². The molecule has 0 nitrogen and oxygen atoms in total. The van der Waals surface area contributed by atoms with Crippen LogP contribution >= 0.6 is 0 Å². The minimum absolute atomic E-state index is 0. The Morgan fingerprint density at radius 1 is 1.00 bits per heavy atom. The number of hydrogen-bond donors (Lipinski definition) is 0. The Kier molecular flexibility index (Phi) is 9.07. The van der Waals surface area contributed by atoms with Crippen molar-refractivity contribution in [1.82, 2.24) is 0 Å². The van der Waals surface area contributed by atoms with Gasteiger partial charge in [0, 0.05) is 9.52 Å². The first-order chi connectivity index (χ1) is 10.4. The zero-order chi connectivity index (χ0) is 14.9. The Labute approximate surface area is 152 Å². The molecule has 0 saturated heterocycles. The maximum Gasteiger partial charge on any atom is 2.00 e. The molecule has 2 aliphatic rings. The fraction of sp³-hybridized carbons (Fsp3) is 0.200. The van der Waals surface area contributed by atoms with Gasteiger partial charge in [0.2, 0.25) is 0 Å². The second kappa shape index (κ2) is 10.6. The summed E-state index contributed by atoms with van der Waals surface area (Å²) < 4.78 is 0. The van der Waals surface area contributed by atoms with Crippen molar-refractivity contribution in [2.24, 2.45) is 0 Å². The van der Waals surface area contributed by atoms with Gasteiger partial charge in [-0.25, -0.2) is 12.2 Å². The van der Waals surface area contributed by atoms with Crippen LogP contribution < -0.4 is 0 Å². The fourth-order valence-electron chi connectivity index (χ4n) is 2.34. The summed E-state index contributed by atoms with van der Waals surface area (Å²) in [6.45, 7) is 4.42. The summed E-state index contributed by atoms with van der Waals surface area (Å²) in [7, 11) is 0.750. The van der Waals surface area contributed by atoms with E-state index in [1.54, 1.807) is 0 Å². The van der Waals surface area contributed by atoms with Gasteiger partial charge in [-0.05, 0) is 6.42 Å². The van der Waals surface area contributed by atoms with Gasteiger partial charge in [-0.15, -0.1) is 12.0 Å². The Balaban J connectivity index is 0.000000227. The molecule has 0 spiro atoms. The van der Waals surface area contributed by atoms with Gasteiger partial charge in [0.25, 0.3) is 0 Å². The van der Waals surface area contributed by atoms with E-state index in [-0.39, 0.29) is 21.7 Å². The molecule has 0 aliphatic heterocycles. The first-order valence-corrected chi connectivity index (χ1v) is 9.71. The van der Waals surface area contributed by atoms with Crippen LogP contribution in [0.25, 0.3) is 11.1 Å². The van der Waals surface area contributed by atoms with Gasteiger partial charge in [-0.3, -0.25) is 6.08 Å². The van der Waals surface area contributed by atoms with Crippen molar-refractivity contribution in [3.63, 3.8) is 0 Å². The molecular formula is C20H21SiTi. The monoisotopic (exact) mass is 337 g/mol. The fourth-order valence-corrected chi connectivity index (χ4v) is 2.34. The first-order valence-electron chi connectivity index (χ1n) is 7.40. The molecule has 2 aromatic rings. The van der Waals surface area contributed by atoms with Crippen molar-refractivity contribution < 1.29 is 21.7 Å². The molecule has 0 bridgehead atoms. The van der Waals surface area contributed by atoms with E-state index in [2.05, 4.69) is 67.7 Å². The summed E-state index contributed by atoms with van der Waals surface area (Å²) in [5, 5.41) is 0. The third-order valence-electron chi connectivity index (χ3n) is 3.20. The first kappa shape index (κ1) is 18.9. The van der Waals surface area contributed by atoms with E-state index in [0.29, 0.717) is 0 Å². The van der Waals surface area contributed by atoms with Gasteiger partial charge >= 0.3 is 21.7 Å². The summed E-state index contributed by atoms with van der Waals surface area (Å²) in [6.07, 6.45) is 11.0. The van der Waals surface area contributed by atoms with E-state index in [0.717, 1.165) is 22.4 Å². The Bertz CT molecular complexity index is 576. The molecule has 0 aromatic heterocycles. The number of benzene rings is 2. The molecule has 0 unspecified atom stereocenters. The maximum absolute atomic E-state index is 3.30. The Morgan fingerprint density at radius 2 is 1.73 bits per heavy atom. The minimum atomic E-state index is 0. The van der Waals surface area contributed by atoms with Crippen molar-refractivity contribution in [2.75, 3.05) is 0 Å². The molecule has 0 N–H and O–H groups in total. The molecule has 0 saturated carbocycles. The topological polar surface area (TPSA) is 0 Å². The second-order valence-electron chi connectivity index (χ2n) is 4.98. The number of rotatable bonds is 0. The van der Waals surface area contributed by atoms with Gasteiger partial charge in [0.05, 0.1) is 0 Å². The third-order valence-corrected chi connectivity index (χ3v) is 3.20. The molecule has 22 heavy (non-hydrogen) atoms. The summed E-state index contributed by atoms with van der Waals surface area (Å²) in [4.78, 5) is 0. The Hall–Kier alpha value is -1.15. The van der Waals surface area contributed by atoms with Crippen LogP contribution in [0.1, 0.15) is 17.5 Å². The minimum Gasteiger partial charge on any atom is -0.273 e. The van der Waals surface area contributed by atoms with Crippen LogP contribution in [-0.2, 0) is 28.1 Å². The third kappa shape index (κ3) is 5.24. The average Bonchev–Trinajstić information content (AvgIpc) is 3.19. The predicted octanol–water partition coefficient (Wildman–Crippen LogP) is 4.88. The predicted molar refractivity (Wildman–Crippen MR) is 94.0 cm³/mol. The van der Waals surface area contributed by atoms with Crippen LogP contribution in [0.3, 0.4) is 0 Å². The van der Waals surface area contributed by atoms with Crippen LogP contribution in [0.5, 0.6) is 0 Å². The summed E-state index contributed by atoms with van der Waals surface area (Å²) >= 11 is 0. The quantitative estimate of drug-likeness (QED) is 0.405. The van der Waals surface area contributed by atoms with Gasteiger partial charge in [0.15, 0.2) is 0 Å². The van der Waals surface area contributed by atoms with E-state index in [9.17, 15) is 0 Å². The van der Waals surface area contributed by atoms with Crippen molar-refractivity contribution >= 4 is 9.52 Å². The number of allylic oxidation sites excluding steroid dienone is 4. The van der Waals surface area contributed by atoms with E-state index in [1.807, 2.05) is 18.2 Å². The SMILES string of the molecule is C[SiH]C.[C-]1=CC=CC1.[Ti+2].[c-]1cccc2c1Cc1ccccc1-2. The molecule has 0 heterocycles. The summed E-state index contributed by atoms with van der Waals surface area (Å²) in [5.41, 5.74) is 5.51. The second-order valence-corrected chi connectivity index (χ2v) is 6.13. The molecule has 0 fully saturated rings. The van der Waals surface area contributed by atoms with Crippen LogP contribution in [0, 0.1) is 12.1 Å². The number of fused-ring (bicyclic) bond motifs is 3. The smallest absolute Gasteiger partial charge is 0.273 e. The zero-order valence-corrected chi connectivity index (χ0v) is 16.0. The van der Waals surface area contributed by atoms with Gasteiger partial charge in [0.1, 0.15) is 0 Å². The van der Waals surface area contributed by atoms with Crippen LogP contribution in [0.15, 0.2) is 60.7 Å². The summed E-state index contributed by atoms with van der Waals surface area (Å²) in [5.74, 6) is 0. The molecule has 4 rings (SSSR count). The van der Waals surface area contributed by atoms with Gasteiger partial charge < -0.3 is 0 Å². The molecule has 2 heteroatoms. The van der Waals surface area contributed by atoms with Crippen LogP contribution in [-0.4, -0.2) is 9.52 Å². The number of hydrogen-bond acceptors (Lipinski definition) is 0. The van der Waals surface area contributed by atoms with E-state index >= 15 is 0 Å². The normalized spacial score (nSPS) is 12.1. The van der Waals surface area contributed by atoms with Crippen molar-refractivity contribution in [2.45, 2.75) is 25.9 Å². The average molecular weight is 337 g/mol. The van der Waals surface area contributed by atoms with E-state index in [4.69, 9.17) is 0 Å². The van der Waals surface area contributed by atoms with Crippen molar-refractivity contribution in [1.29, 1.82) is 0 Å². The maximum atomic E-state index is 3.30. The van der Waals surface area contributed by atoms with Crippen molar-refractivity contribution in [3.05, 3.63) is 84.0 Å². The molecular weight excluding hydrogens is 316 g/mol. The van der Waals surface area contributed by atoms with E-state index < -0.39 is 0 Å². The molecule has 0 amide bonds. The molecule has 2 aliphatic carbocycles. The molecule has 0 atom stereocenters. The largest absolute Gasteiger partial charge is 2.00 e.